The Kier molecular flexibility index (Phi) is 7.33. The van der Waals surface area contributed by atoms with Crippen molar-refractivity contribution < 1.29 is 14.2 Å². The summed E-state index contributed by atoms with van der Waals surface area (Å²) >= 11 is 0. The van der Waals surface area contributed by atoms with Crippen molar-refractivity contribution in [1.82, 2.24) is 15.4 Å². The molecule has 1 aromatic heterocycles. The Bertz CT molecular complexity index is 802. The van der Waals surface area contributed by atoms with Gasteiger partial charge >= 0.3 is 0 Å². The molecule has 144 valence electrons. The normalized spacial score (nSPS) is 10.9. The maximum atomic E-state index is 5.77. The molecule has 0 bridgehead atoms. The molecule has 0 saturated heterocycles. The number of nitrogens with one attached hydrogen (secondary N) is 1. The summed E-state index contributed by atoms with van der Waals surface area (Å²) in [6.45, 7) is 3.13. The van der Waals surface area contributed by atoms with Gasteiger partial charge in [-0.25, -0.2) is 0 Å². The molecular weight excluding hydrogens is 342 g/mol. The molecule has 1 N–H and O–H groups in total. The van der Waals surface area contributed by atoms with Gasteiger partial charge in [0.2, 0.25) is 6.79 Å². The number of aromatic nitrogens is 3. The second-order valence-electron chi connectivity index (χ2n) is 6.47. The lowest BCUT2D eigenvalue weighted by molar-refractivity contribution is 0.120. The quantitative estimate of drug-likeness (QED) is 0.355. The van der Waals surface area contributed by atoms with Gasteiger partial charge < -0.3 is 14.2 Å². The summed E-state index contributed by atoms with van der Waals surface area (Å²) in [7, 11) is 0. The van der Waals surface area contributed by atoms with Crippen LogP contribution in [0, 0.1) is 0 Å². The van der Waals surface area contributed by atoms with Gasteiger partial charge in [-0.15, -0.1) is 0 Å². The van der Waals surface area contributed by atoms with E-state index in [1.54, 1.807) is 0 Å². The second-order valence-corrected chi connectivity index (χ2v) is 6.47. The summed E-state index contributed by atoms with van der Waals surface area (Å²) in [5.74, 6) is 2.30. The highest BCUT2D eigenvalue weighted by Gasteiger charge is 2.02. The smallest absolute Gasteiger partial charge is 0.230 e. The average Bonchev–Trinajstić information content (AvgIpc) is 3.16. The standard InChI is InChI=1S/C21H27N3O3/c1-2-3-4-5-6-7-14-25-17-8-10-18(11-9-17)26-16-27-19-12-13-20-21(15-19)23-24-22-20/h8-13,15H,2-7,14,16H2,1H3,(H,22,23,24). The van der Waals surface area contributed by atoms with Crippen molar-refractivity contribution in [2.24, 2.45) is 0 Å². The van der Waals surface area contributed by atoms with Crippen molar-refractivity contribution >= 4 is 11.0 Å². The molecular formula is C21H27N3O3. The summed E-state index contributed by atoms with van der Waals surface area (Å²) in [6, 6.07) is 13.1. The van der Waals surface area contributed by atoms with Gasteiger partial charge in [-0.05, 0) is 42.8 Å². The number of aromatic amines is 1. The molecule has 6 nitrogen and oxygen atoms in total. The van der Waals surface area contributed by atoms with Crippen LogP contribution in [0.4, 0.5) is 0 Å². The second kappa shape index (κ2) is 10.4. The molecule has 6 heteroatoms. The number of ether oxygens (including phenoxy) is 3. The first-order chi connectivity index (χ1) is 13.3. The minimum Gasteiger partial charge on any atom is -0.494 e. The molecule has 0 radical (unpaired) electrons. The van der Waals surface area contributed by atoms with E-state index in [4.69, 9.17) is 14.2 Å². The van der Waals surface area contributed by atoms with Gasteiger partial charge in [0, 0.05) is 6.07 Å². The Morgan fingerprint density at radius 3 is 2.15 bits per heavy atom. The highest BCUT2D eigenvalue weighted by atomic mass is 16.7. The van der Waals surface area contributed by atoms with E-state index in [-0.39, 0.29) is 6.79 Å². The average molecular weight is 369 g/mol. The Labute approximate surface area is 159 Å². The first-order valence-corrected chi connectivity index (χ1v) is 9.64. The molecule has 0 unspecified atom stereocenters. The van der Waals surface area contributed by atoms with E-state index in [0.717, 1.165) is 35.6 Å². The summed E-state index contributed by atoms with van der Waals surface area (Å²) in [5, 5.41) is 10.6. The SMILES string of the molecule is CCCCCCCCOc1ccc(OCOc2ccc3n[nH]nc3c2)cc1. The first kappa shape index (κ1) is 19.0. The fourth-order valence-electron chi connectivity index (χ4n) is 2.78. The van der Waals surface area contributed by atoms with Crippen LogP contribution in [0.25, 0.3) is 11.0 Å². The maximum absolute atomic E-state index is 5.77. The molecule has 0 aliphatic heterocycles. The lowest BCUT2D eigenvalue weighted by Crippen LogP contribution is -2.05. The van der Waals surface area contributed by atoms with Crippen LogP contribution in [0.3, 0.4) is 0 Å². The van der Waals surface area contributed by atoms with Crippen LogP contribution in [-0.4, -0.2) is 28.8 Å². The van der Waals surface area contributed by atoms with E-state index in [1.165, 1.54) is 32.1 Å². The molecule has 0 fully saturated rings. The van der Waals surface area contributed by atoms with Crippen LogP contribution >= 0.6 is 0 Å². The van der Waals surface area contributed by atoms with Gasteiger partial charge in [-0.1, -0.05) is 39.0 Å². The minimum atomic E-state index is 0.126. The number of benzene rings is 2. The molecule has 27 heavy (non-hydrogen) atoms. The molecule has 3 aromatic rings. The molecule has 0 spiro atoms. The first-order valence-electron chi connectivity index (χ1n) is 9.64. The molecule has 0 saturated carbocycles. The van der Waals surface area contributed by atoms with Crippen LogP contribution in [0.15, 0.2) is 42.5 Å². The number of H-pyrrole nitrogens is 1. The number of unbranched alkanes of at least 4 members (excludes halogenated alkanes) is 5. The molecule has 1 heterocycles. The lowest BCUT2D eigenvalue weighted by Gasteiger charge is -2.10. The van der Waals surface area contributed by atoms with E-state index in [0.29, 0.717) is 5.75 Å². The predicted octanol–water partition coefficient (Wildman–Crippen LogP) is 5.11. The van der Waals surface area contributed by atoms with Gasteiger partial charge in [0.25, 0.3) is 0 Å². The van der Waals surface area contributed by atoms with Gasteiger partial charge in [0.1, 0.15) is 28.3 Å². The van der Waals surface area contributed by atoms with E-state index in [1.807, 2.05) is 42.5 Å². The Balaban J connectivity index is 1.34. The fourth-order valence-corrected chi connectivity index (χ4v) is 2.78. The van der Waals surface area contributed by atoms with E-state index in [2.05, 4.69) is 22.3 Å². The van der Waals surface area contributed by atoms with Gasteiger partial charge in [-0.3, -0.25) is 0 Å². The minimum absolute atomic E-state index is 0.126. The summed E-state index contributed by atoms with van der Waals surface area (Å²) in [6.07, 6.45) is 7.59. The number of nitrogens with zero attached hydrogens (tertiary/aromatic N) is 2. The van der Waals surface area contributed by atoms with Crippen molar-refractivity contribution in [3.8, 4) is 17.2 Å². The highest BCUT2D eigenvalue weighted by molar-refractivity contribution is 5.75. The highest BCUT2D eigenvalue weighted by Crippen LogP contribution is 2.20. The molecule has 0 amide bonds. The summed E-state index contributed by atoms with van der Waals surface area (Å²) in [5.41, 5.74) is 1.57. The molecule has 0 atom stereocenters. The zero-order valence-electron chi connectivity index (χ0n) is 15.8. The van der Waals surface area contributed by atoms with Crippen LogP contribution in [-0.2, 0) is 0 Å². The topological polar surface area (TPSA) is 69.3 Å². The number of fused-ring (bicyclic) bond motifs is 1. The van der Waals surface area contributed by atoms with Crippen molar-refractivity contribution in [3.63, 3.8) is 0 Å². The van der Waals surface area contributed by atoms with Crippen molar-refractivity contribution in [3.05, 3.63) is 42.5 Å². The van der Waals surface area contributed by atoms with E-state index >= 15 is 0 Å². The zero-order valence-corrected chi connectivity index (χ0v) is 15.8. The number of hydrogen-bond acceptors (Lipinski definition) is 5. The third-order valence-electron chi connectivity index (χ3n) is 4.33. The molecule has 3 rings (SSSR count). The monoisotopic (exact) mass is 369 g/mol. The Hall–Kier alpha value is -2.76. The van der Waals surface area contributed by atoms with Crippen LogP contribution < -0.4 is 14.2 Å². The summed E-state index contributed by atoms with van der Waals surface area (Å²) in [4.78, 5) is 0. The summed E-state index contributed by atoms with van der Waals surface area (Å²) < 4.78 is 17.0. The third-order valence-corrected chi connectivity index (χ3v) is 4.33. The van der Waals surface area contributed by atoms with Crippen LogP contribution in [0.1, 0.15) is 45.4 Å². The zero-order chi connectivity index (χ0) is 18.7. The third kappa shape index (κ3) is 6.16. The van der Waals surface area contributed by atoms with Crippen LogP contribution in [0.5, 0.6) is 17.2 Å². The van der Waals surface area contributed by atoms with Crippen LogP contribution in [0.2, 0.25) is 0 Å². The van der Waals surface area contributed by atoms with Crippen molar-refractivity contribution in [1.29, 1.82) is 0 Å². The molecule has 0 aliphatic carbocycles. The Morgan fingerprint density at radius 2 is 1.33 bits per heavy atom. The van der Waals surface area contributed by atoms with Gasteiger partial charge in [0.15, 0.2) is 0 Å². The number of rotatable bonds is 12. The number of hydrogen-bond donors (Lipinski definition) is 1. The van der Waals surface area contributed by atoms with Crippen molar-refractivity contribution in [2.45, 2.75) is 45.4 Å². The maximum Gasteiger partial charge on any atom is 0.230 e. The Morgan fingerprint density at radius 1 is 0.704 bits per heavy atom. The largest absolute Gasteiger partial charge is 0.494 e. The lowest BCUT2D eigenvalue weighted by atomic mass is 10.1. The van der Waals surface area contributed by atoms with Gasteiger partial charge in [-0.2, -0.15) is 15.4 Å². The van der Waals surface area contributed by atoms with E-state index < -0.39 is 0 Å². The molecule has 2 aromatic carbocycles. The van der Waals surface area contributed by atoms with Crippen molar-refractivity contribution in [2.75, 3.05) is 13.4 Å². The molecule has 0 aliphatic rings. The predicted molar refractivity (Wildman–Crippen MR) is 105 cm³/mol. The van der Waals surface area contributed by atoms with E-state index in [9.17, 15) is 0 Å². The van der Waals surface area contributed by atoms with Gasteiger partial charge in [0.05, 0.1) is 6.61 Å². The fraction of sp³-hybridized carbons (Fsp3) is 0.429.